The number of nitrogens with zero attached hydrogens (tertiary/aromatic N) is 1. The summed E-state index contributed by atoms with van der Waals surface area (Å²) in [6, 6.07) is 0.385. The molecule has 10 heavy (non-hydrogen) atoms. The first-order valence-corrected chi connectivity index (χ1v) is 3.71. The fraction of sp³-hybridized carbons (Fsp3) is 0.857. The van der Waals surface area contributed by atoms with Gasteiger partial charge in [0.2, 0.25) is 6.41 Å². The van der Waals surface area contributed by atoms with E-state index < -0.39 is 0 Å². The summed E-state index contributed by atoms with van der Waals surface area (Å²) in [7, 11) is 2.08. The van der Waals surface area contributed by atoms with E-state index in [1.165, 1.54) is 6.42 Å². The summed E-state index contributed by atoms with van der Waals surface area (Å²) in [6.07, 6.45) is 3.12. The van der Waals surface area contributed by atoms with E-state index >= 15 is 0 Å². The smallest absolute Gasteiger partial charge is 0.207 e. The van der Waals surface area contributed by atoms with Gasteiger partial charge in [-0.1, -0.05) is 0 Å². The molecule has 3 heteroatoms. The van der Waals surface area contributed by atoms with Crippen molar-refractivity contribution in [3.63, 3.8) is 0 Å². The van der Waals surface area contributed by atoms with Gasteiger partial charge in [0.25, 0.3) is 0 Å². The molecule has 1 aliphatic heterocycles. The van der Waals surface area contributed by atoms with E-state index in [1.54, 1.807) is 0 Å². The molecule has 1 saturated heterocycles. The highest BCUT2D eigenvalue weighted by Gasteiger charge is 2.15. The van der Waals surface area contributed by atoms with Crippen LogP contribution in [-0.4, -0.2) is 37.5 Å². The van der Waals surface area contributed by atoms with Crippen molar-refractivity contribution >= 4 is 6.41 Å². The zero-order valence-corrected chi connectivity index (χ0v) is 6.34. The van der Waals surface area contributed by atoms with Gasteiger partial charge in [0.05, 0.1) is 0 Å². The zero-order valence-electron chi connectivity index (χ0n) is 6.34. The van der Waals surface area contributed by atoms with Crippen LogP contribution in [0.15, 0.2) is 0 Å². The molecule has 3 nitrogen and oxygen atoms in total. The molecule has 0 radical (unpaired) electrons. The van der Waals surface area contributed by atoms with E-state index in [2.05, 4.69) is 17.3 Å². The molecule has 0 aromatic carbocycles. The Bertz CT molecular complexity index is 116. The van der Waals surface area contributed by atoms with Crippen LogP contribution < -0.4 is 5.32 Å². The predicted molar refractivity (Wildman–Crippen MR) is 39.7 cm³/mol. The number of likely N-dealkylation sites (N-methyl/N-ethyl adjacent to an activating group) is 1. The maximum Gasteiger partial charge on any atom is 0.207 e. The number of nitrogens with one attached hydrogen (secondary N) is 1. The van der Waals surface area contributed by atoms with Gasteiger partial charge in [-0.3, -0.25) is 4.79 Å². The highest BCUT2D eigenvalue weighted by Crippen LogP contribution is 2.06. The van der Waals surface area contributed by atoms with Crippen LogP contribution in [0.3, 0.4) is 0 Å². The molecule has 0 saturated carbocycles. The van der Waals surface area contributed by atoms with Crippen LogP contribution in [0.1, 0.15) is 12.8 Å². The highest BCUT2D eigenvalue weighted by atomic mass is 16.1. The second kappa shape index (κ2) is 3.56. The largest absolute Gasteiger partial charge is 0.355 e. The van der Waals surface area contributed by atoms with Crippen molar-refractivity contribution < 1.29 is 4.79 Å². The molecule has 1 N–H and O–H groups in total. The minimum Gasteiger partial charge on any atom is -0.355 e. The Balaban J connectivity index is 2.24. The topological polar surface area (TPSA) is 32.3 Å². The first kappa shape index (κ1) is 7.54. The molecule has 1 atom stereocenters. The normalized spacial score (nSPS) is 27.9. The lowest BCUT2D eigenvalue weighted by molar-refractivity contribution is -0.110. The van der Waals surface area contributed by atoms with Crippen molar-refractivity contribution in [3.05, 3.63) is 0 Å². The number of carbonyl (C=O) groups is 1. The summed E-state index contributed by atoms with van der Waals surface area (Å²) in [6.45, 7) is 2.16. The molecule has 1 amide bonds. The quantitative estimate of drug-likeness (QED) is 0.543. The summed E-state index contributed by atoms with van der Waals surface area (Å²) in [4.78, 5) is 12.3. The Morgan fingerprint density at radius 1 is 1.70 bits per heavy atom. The number of hydrogen-bond acceptors (Lipinski definition) is 2. The molecule has 0 aromatic heterocycles. The molecule has 0 aliphatic carbocycles. The molecule has 58 valence electrons. The molecule has 0 spiro atoms. The minimum absolute atomic E-state index is 0.385. The van der Waals surface area contributed by atoms with E-state index in [0.717, 1.165) is 25.9 Å². The molecule has 1 rings (SSSR count). The first-order valence-electron chi connectivity index (χ1n) is 3.71. The fourth-order valence-electron chi connectivity index (χ4n) is 1.40. The number of likely N-dealkylation sites (tertiary alicyclic amines) is 1. The van der Waals surface area contributed by atoms with Crippen molar-refractivity contribution in [1.29, 1.82) is 0 Å². The summed E-state index contributed by atoms with van der Waals surface area (Å²) in [5, 5.41) is 2.79. The Hall–Kier alpha value is -0.570. The molecule has 1 aliphatic rings. The van der Waals surface area contributed by atoms with Crippen molar-refractivity contribution in [3.8, 4) is 0 Å². The lowest BCUT2D eigenvalue weighted by Gasteiger charge is -2.28. The SMILES string of the molecule is CN1CCC[C@@H](NC=O)C1. The molecule has 1 heterocycles. The van der Waals surface area contributed by atoms with Gasteiger partial charge in [0.15, 0.2) is 0 Å². The van der Waals surface area contributed by atoms with Crippen molar-refractivity contribution in [1.82, 2.24) is 10.2 Å². The molecule has 0 aromatic rings. The number of carbonyl (C=O) groups excluding carboxylic acids is 1. The fourth-order valence-corrected chi connectivity index (χ4v) is 1.40. The average molecular weight is 142 g/mol. The highest BCUT2D eigenvalue weighted by molar-refractivity contribution is 5.46. The van der Waals surface area contributed by atoms with E-state index in [9.17, 15) is 4.79 Å². The van der Waals surface area contributed by atoms with E-state index in [0.29, 0.717) is 6.04 Å². The van der Waals surface area contributed by atoms with Gasteiger partial charge in [-0.15, -0.1) is 0 Å². The van der Waals surface area contributed by atoms with Crippen LogP contribution in [0, 0.1) is 0 Å². The lowest BCUT2D eigenvalue weighted by atomic mass is 10.1. The van der Waals surface area contributed by atoms with E-state index in [-0.39, 0.29) is 0 Å². The Labute approximate surface area is 61.4 Å². The lowest BCUT2D eigenvalue weighted by Crippen LogP contribution is -2.43. The van der Waals surface area contributed by atoms with Crippen LogP contribution in [0.4, 0.5) is 0 Å². The third-order valence-corrected chi connectivity index (χ3v) is 1.93. The number of hydrogen-bond donors (Lipinski definition) is 1. The summed E-state index contributed by atoms with van der Waals surface area (Å²) in [5.74, 6) is 0. The molecule has 0 bridgehead atoms. The van der Waals surface area contributed by atoms with Gasteiger partial charge in [-0.2, -0.15) is 0 Å². The molecular formula is C7H14N2O. The first-order chi connectivity index (χ1) is 4.83. The Morgan fingerprint density at radius 3 is 3.10 bits per heavy atom. The predicted octanol–water partition coefficient (Wildman–Crippen LogP) is -0.173. The summed E-state index contributed by atoms with van der Waals surface area (Å²) >= 11 is 0. The second-order valence-corrected chi connectivity index (χ2v) is 2.89. The zero-order chi connectivity index (χ0) is 7.40. The standard InChI is InChI=1S/C7H14N2O/c1-9-4-2-3-7(5-9)8-6-10/h6-7H,2-5H2,1H3,(H,8,10)/t7-/m1/s1. The number of piperidine rings is 1. The van der Waals surface area contributed by atoms with Crippen LogP contribution >= 0.6 is 0 Å². The third kappa shape index (κ3) is 1.99. The van der Waals surface area contributed by atoms with Crippen molar-refractivity contribution in [2.24, 2.45) is 0 Å². The number of rotatable bonds is 2. The minimum atomic E-state index is 0.385. The van der Waals surface area contributed by atoms with E-state index in [1.807, 2.05) is 0 Å². The van der Waals surface area contributed by atoms with Gasteiger partial charge in [0.1, 0.15) is 0 Å². The molecular weight excluding hydrogens is 128 g/mol. The van der Waals surface area contributed by atoms with Crippen molar-refractivity contribution in [2.45, 2.75) is 18.9 Å². The van der Waals surface area contributed by atoms with Crippen LogP contribution in [-0.2, 0) is 4.79 Å². The van der Waals surface area contributed by atoms with Crippen LogP contribution in [0.25, 0.3) is 0 Å². The maximum atomic E-state index is 10.1. The maximum absolute atomic E-state index is 10.1. The average Bonchev–Trinajstić information content (AvgIpc) is 1.88. The van der Waals surface area contributed by atoms with Gasteiger partial charge in [0, 0.05) is 12.6 Å². The van der Waals surface area contributed by atoms with E-state index in [4.69, 9.17) is 0 Å². The Morgan fingerprint density at radius 2 is 2.50 bits per heavy atom. The van der Waals surface area contributed by atoms with Crippen LogP contribution in [0.2, 0.25) is 0 Å². The Kier molecular flexibility index (Phi) is 2.68. The van der Waals surface area contributed by atoms with Crippen LogP contribution in [0.5, 0.6) is 0 Å². The monoisotopic (exact) mass is 142 g/mol. The molecule has 1 fully saturated rings. The van der Waals surface area contributed by atoms with Gasteiger partial charge in [-0.25, -0.2) is 0 Å². The number of amides is 1. The second-order valence-electron chi connectivity index (χ2n) is 2.89. The summed E-state index contributed by atoms with van der Waals surface area (Å²) < 4.78 is 0. The van der Waals surface area contributed by atoms with Crippen molar-refractivity contribution in [2.75, 3.05) is 20.1 Å². The molecule has 0 unspecified atom stereocenters. The van der Waals surface area contributed by atoms with Gasteiger partial charge >= 0.3 is 0 Å². The van der Waals surface area contributed by atoms with Gasteiger partial charge in [-0.05, 0) is 26.4 Å². The summed E-state index contributed by atoms with van der Waals surface area (Å²) in [5.41, 5.74) is 0. The third-order valence-electron chi connectivity index (χ3n) is 1.93. The van der Waals surface area contributed by atoms with Gasteiger partial charge < -0.3 is 10.2 Å².